The van der Waals surface area contributed by atoms with Gasteiger partial charge in [-0.2, -0.15) is 0 Å². The van der Waals surface area contributed by atoms with Crippen molar-refractivity contribution in [3.63, 3.8) is 0 Å². The molecule has 0 saturated heterocycles. The molecule has 0 bridgehead atoms. The van der Waals surface area contributed by atoms with Crippen LogP contribution in [0.25, 0.3) is 0 Å². The average molecular weight is 243 g/mol. The summed E-state index contributed by atoms with van der Waals surface area (Å²) >= 11 is 0. The molecule has 0 atom stereocenters. The first kappa shape index (κ1) is 12.0. The molecule has 5 heteroatoms. The second-order valence-electron chi connectivity index (χ2n) is 3.86. The molecular weight excluding hydrogens is 230 g/mol. The fourth-order valence-corrected chi connectivity index (χ4v) is 1.39. The molecule has 0 saturated carbocycles. The Morgan fingerprint density at radius 1 is 1.17 bits per heavy atom. The van der Waals surface area contributed by atoms with Gasteiger partial charge in [0.1, 0.15) is 5.75 Å². The first-order chi connectivity index (χ1) is 8.66. The Kier molecular flexibility index (Phi) is 3.52. The molecule has 92 valence electrons. The zero-order valence-electron chi connectivity index (χ0n) is 10.2. The minimum Gasteiger partial charge on any atom is -0.424 e. The molecule has 0 spiro atoms. The summed E-state index contributed by atoms with van der Waals surface area (Å²) in [5, 5.41) is 0. The number of aromatic nitrogens is 2. The van der Waals surface area contributed by atoms with Crippen LogP contribution in [0.4, 0.5) is 0 Å². The maximum Gasteiger partial charge on any atom is 0.321 e. The van der Waals surface area contributed by atoms with E-state index in [-0.39, 0.29) is 11.9 Å². The highest BCUT2D eigenvalue weighted by atomic mass is 16.5. The van der Waals surface area contributed by atoms with Gasteiger partial charge in [0.2, 0.25) is 0 Å². The van der Waals surface area contributed by atoms with Crippen molar-refractivity contribution in [1.82, 2.24) is 14.9 Å². The van der Waals surface area contributed by atoms with Crippen LogP contribution in [0.2, 0.25) is 0 Å². The Balaban J connectivity index is 2.20. The van der Waals surface area contributed by atoms with Crippen LogP contribution in [0.3, 0.4) is 0 Å². The van der Waals surface area contributed by atoms with Crippen molar-refractivity contribution >= 4 is 5.91 Å². The largest absolute Gasteiger partial charge is 0.424 e. The second-order valence-corrected chi connectivity index (χ2v) is 3.86. The highest BCUT2D eigenvalue weighted by Crippen LogP contribution is 2.18. The number of amides is 1. The van der Waals surface area contributed by atoms with Gasteiger partial charge in [0.15, 0.2) is 0 Å². The first-order valence-electron chi connectivity index (χ1n) is 5.43. The molecule has 1 amide bonds. The van der Waals surface area contributed by atoms with Gasteiger partial charge in [-0.05, 0) is 24.3 Å². The summed E-state index contributed by atoms with van der Waals surface area (Å²) in [6, 6.07) is 8.88. The number of ether oxygens (including phenoxy) is 1. The molecule has 1 aromatic heterocycles. The fraction of sp³-hybridized carbons (Fsp3) is 0.154. The molecule has 0 aliphatic rings. The van der Waals surface area contributed by atoms with E-state index in [1.165, 1.54) is 4.90 Å². The van der Waals surface area contributed by atoms with E-state index in [4.69, 9.17) is 4.74 Å². The Morgan fingerprint density at radius 3 is 2.56 bits per heavy atom. The Morgan fingerprint density at radius 2 is 1.89 bits per heavy atom. The summed E-state index contributed by atoms with van der Waals surface area (Å²) in [6.07, 6.45) is 3.19. The van der Waals surface area contributed by atoms with E-state index in [9.17, 15) is 4.79 Å². The smallest absolute Gasteiger partial charge is 0.321 e. The van der Waals surface area contributed by atoms with Crippen molar-refractivity contribution < 1.29 is 9.53 Å². The summed E-state index contributed by atoms with van der Waals surface area (Å²) in [5.74, 6) is 0.461. The van der Waals surface area contributed by atoms with Gasteiger partial charge in [0.25, 0.3) is 5.91 Å². The van der Waals surface area contributed by atoms with Crippen LogP contribution in [0.5, 0.6) is 11.8 Å². The first-order valence-corrected chi connectivity index (χ1v) is 5.43. The summed E-state index contributed by atoms with van der Waals surface area (Å²) in [6.45, 7) is 0. The van der Waals surface area contributed by atoms with Gasteiger partial charge in [0, 0.05) is 32.1 Å². The zero-order chi connectivity index (χ0) is 13.0. The summed E-state index contributed by atoms with van der Waals surface area (Å²) in [7, 11) is 3.41. The number of nitrogens with zero attached hydrogens (tertiary/aromatic N) is 3. The number of rotatable bonds is 3. The van der Waals surface area contributed by atoms with Gasteiger partial charge < -0.3 is 9.64 Å². The molecule has 2 rings (SSSR count). The lowest BCUT2D eigenvalue weighted by atomic mass is 10.2. The molecule has 1 heterocycles. The van der Waals surface area contributed by atoms with Crippen molar-refractivity contribution in [3.05, 3.63) is 48.3 Å². The molecule has 2 aromatic rings. The van der Waals surface area contributed by atoms with E-state index in [1.807, 2.05) is 0 Å². The van der Waals surface area contributed by atoms with Crippen molar-refractivity contribution in [1.29, 1.82) is 0 Å². The van der Waals surface area contributed by atoms with E-state index in [0.717, 1.165) is 0 Å². The number of benzene rings is 1. The molecule has 0 aliphatic carbocycles. The van der Waals surface area contributed by atoms with E-state index < -0.39 is 0 Å². The Bertz CT molecular complexity index is 541. The maximum absolute atomic E-state index is 11.8. The molecule has 0 fully saturated rings. The highest BCUT2D eigenvalue weighted by Gasteiger charge is 2.09. The minimum atomic E-state index is -0.0746. The molecule has 0 unspecified atom stereocenters. The third-order valence-corrected chi connectivity index (χ3v) is 2.24. The molecule has 1 aromatic carbocycles. The van der Waals surface area contributed by atoms with E-state index in [2.05, 4.69) is 9.97 Å². The lowest BCUT2D eigenvalue weighted by Gasteiger charge is -2.11. The van der Waals surface area contributed by atoms with E-state index in [1.54, 1.807) is 56.8 Å². The lowest BCUT2D eigenvalue weighted by Crippen LogP contribution is -2.21. The van der Waals surface area contributed by atoms with Crippen LogP contribution in [0.15, 0.2) is 42.7 Å². The van der Waals surface area contributed by atoms with Crippen LogP contribution in [-0.2, 0) is 0 Å². The number of carbonyl (C=O) groups is 1. The van der Waals surface area contributed by atoms with E-state index >= 15 is 0 Å². The lowest BCUT2D eigenvalue weighted by molar-refractivity contribution is 0.0827. The summed E-state index contributed by atoms with van der Waals surface area (Å²) in [5.41, 5.74) is 0.563. The normalized spacial score (nSPS) is 9.89. The minimum absolute atomic E-state index is 0.0746. The molecular formula is C13H13N3O2. The second kappa shape index (κ2) is 5.27. The van der Waals surface area contributed by atoms with Crippen LogP contribution >= 0.6 is 0 Å². The third-order valence-electron chi connectivity index (χ3n) is 2.24. The van der Waals surface area contributed by atoms with Gasteiger partial charge >= 0.3 is 6.01 Å². The number of hydrogen-bond acceptors (Lipinski definition) is 4. The average Bonchev–Trinajstić information content (AvgIpc) is 2.39. The van der Waals surface area contributed by atoms with Gasteiger partial charge in [-0.1, -0.05) is 6.07 Å². The standard InChI is InChI=1S/C13H13N3O2/c1-16(2)12(17)10-5-3-6-11(9-10)18-13-14-7-4-8-15-13/h3-9H,1-2H3. The van der Waals surface area contributed by atoms with E-state index in [0.29, 0.717) is 11.3 Å². The molecule has 5 nitrogen and oxygen atoms in total. The topological polar surface area (TPSA) is 55.3 Å². The van der Waals surface area contributed by atoms with Crippen LogP contribution in [-0.4, -0.2) is 34.9 Å². The van der Waals surface area contributed by atoms with Crippen molar-refractivity contribution in [2.45, 2.75) is 0 Å². The van der Waals surface area contributed by atoms with Crippen LogP contribution in [0.1, 0.15) is 10.4 Å². The monoisotopic (exact) mass is 243 g/mol. The SMILES string of the molecule is CN(C)C(=O)c1cccc(Oc2ncccn2)c1. The van der Waals surface area contributed by atoms with Gasteiger partial charge in [-0.3, -0.25) is 4.79 Å². The van der Waals surface area contributed by atoms with Crippen molar-refractivity contribution in [3.8, 4) is 11.8 Å². The van der Waals surface area contributed by atoms with Gasteiger partial charge in [-0.25, -0.2) is 9.97 Å². The van der Waals surface area contributed by atoms with Gasteiger partial charge in [-0.15, -0.1) is 0 Å². The third kappa shape index (κ3) is 2.82. The maximum atomic E-state index is 11.8. The fourth-order valence-electron chi connectivity index (χ4n) is 1.39. The predicted molar refractivity (Wildman–Crippen MR) is 66.6 cm³/mol. The summed E-state index contributed by atoms with van der Waals surface area (Å²) in [4.78, 5) is 21.2. The van der Waals surface area contributed by atoms with Crippen molar-refractivity contribution in [2.24, 2.45) is 0 Å². The highest BCUT2D eigenvalue weighted by molar-refractivity contribution is 5.94. The Labute approximate surface area is 105 Å². The molecule has 18 heavy (non-hydrogen) atoms. The summed E-state index contributed by atoms with van der Waals surface area (Å²) < 4.78 is 5.46. The zero-order valence-corrected chi connectivity index (χ0v) is 10.2. The number of hydrogen-bond donors (Lipinski definition) is 0. The van der Waals surface area contributed by atoms with Crippen molar-refractivity contribution in [2.75, 3.05) is 14.1 Å². The Hall–Kier alpha value is -2.43. The molecule has 0 aliphatic heterocycles. The molecule has 0 N–H and O–H groups in total. The predicted octanol–water partition coefficient (Wildman–Crippen LogP) is 1.97. The van der Waals surface area contributed by atoms with Crippen LogP contribution in [0, 0.1) is 0 Å². The number of carbonyl (C=O) groups excluding carboxylic acids is 1. The quantitative estimate of drug-likeness (QED) is 0.827. The molecule has 0 radical (unpaired) electrons. The van der Waals surface area contributed by atoms with Crippen LogP contribution < -0.4 is 4.74 Å². The van der Waals surface area contributed by atoms with Gasteiger partial charge in [0.05, 0.1) is 0 Å².